The number of nitrogens with zero attached hydrogens (tertiary/aromatic N) is 1. The summed E-state index contributed by atoms with van der Waals surface area (Å²) in [6, 6.07) is 14.5. The number of nitrogens with one attached hydrogen (secondary N) is 1. The van der Waals surface area contributed by atoms with Crippen LogP contribution in [0.15, 0.2) is 47.8 Å². The van der Waals surface area contributed by atoms with E-state index in [0.29, 0.717) is 19.0 Å². The second-order valence-electron chi connectivity index (χ2n) is 6.09. The Labute approximate surface area is 142 Å². The number of benzene rings is 1. The molecule has 2 aromatic rings. The van der Waals surface area contributed by atoms with Gasteiger partial charge in [0.15, 0.2) is 0 Å². The maximum atomic E-state index is 12.2. The molecule has 1 saturated heterocycles. The maximum Gasteiger partial charge on any atom is 0.224 e. The van der Waals surface area contributed by atoms with Gasteiger partial charge in [0, 0.05) is 11.4 Å². The van der Waals surface area contributed by atoms with Gasteiger partial charge in [-0.25, -0.2) is 0 Å². The molecule has 0 bridgehead atoms. The van der Waals surface area contributed by atoms with E-state index in [9.17, 15) is 4.79 Å². The minimum Gasteiger partial charge on any atom is -0.354 e. The molecule has 2 heterocycles. The summed E-state index contributed by atoms with van der Waals surface area (Å²) < 4.78 is 0. The molecular weight excluding hydrogens is 304 g/mol. The summed E-state index contributed by atoms with van der Waals surface area (Å²) in [6.45, 7) is 2.97. The molecule has 0 aliphatic carbocycles. The van der Waals surface area contributed by atoms with E-state index in [1.165, 1.54) is 24.1 Å². The van der Waals surface area contributed by atoms with Gasteiger partial charge in [-0.05, 0) is 42.9 Å². The van der Waals surface area contributed by atoms with Crippen LogP contribution in [0.25, 0.3) is 0 Å². The number of likely N-dealkylation sites (tertiary alicyclic amines) is 1. The van der Waals surface area contributed by atoms with Gasteiger partial charge < -0.3 is 5.32 Å². The number of piperidine rings is 1. The minimum atomic E-state index is 0.106. The molecule has 1 unspecified atom stereocenters. The molecule has 1 fully saturated rings. The van der Waals surface area contributed by atoms with E-state index in [-0.39, 0.29) is 5.91 Å². The van der Waals surface area contributed by atoms with E-state index in [1.807, 2.05) is 30.3 Å². The lowest BCUT2D eigenvalue weighted by Gasteiger charge is -2.34. The van der Waals surface area contributed by atoms with Crippen LogP contribution in [0.5, 0.6) is 0 Å². The molecule has 0 spiro atoms. The number of rotatable bonds is 6. The highest BCUT2D eigenvalue weighted by Gasteiger charge is 2.23. The van der Waals surface area contributed by atoms with Crippen LogP contribution in [-0.4, -0.2) is 30.4 Å². The summed E-state index contributed by atoms with van der Waals surface area (Å²) in [5, 5.41) is 5.27. The lowest BCUT2D eigenvalue weighted by molar-refractivity contribution is -0.120. The van der Waals surface area contributed by atoms with Crippen molar-refractivity contribution in [1.29, 1.82) is 0 Å². The van der Waals surface area contributed by atoms with Crippen molar-refractivity contribution in [3.8, 4) is 0 Å². The summed E-state index contributed by atoms with van der Waals surface area (Å²) in [7, 11) is 0. The molecule has 122 valence electrons. The third-order valence-electron chi connectivity index (χ3n) is 4.40. The second-order valence-corrected chi connectivity index (χ2v) is 7.07. The highest BCUT2D eigenvalue weighted by atomic mass is 32.1. The summed E-state index contributed by atoms with van der Waals surface area (Å²) >= 11 is 1.79. The largest absolute Gasteiger partial charge is 0.354 e. The quantitative estimate of drug-likeness (QED) is 0.878. The lowest BCUT2D eigenvalue weighted by Crippen LogP contribution is -2.40. The van der Waals surface area contributed by atoms with Gasteiger partial charge in [-0.3, -0.25) is 9.69 Å². The second kappa shape index (κ2) is 8.27. The normalized spacial score (nSPS) is 16.9. The van der Waals surface area contributed by atoms with Crippen LogP contribution >= 0.6 is 11.3 Å². The van der Waals surface area contributed by atoms with Gasteiger partial charge in [0.05, 0.1) is 12.5 Å². The van der Waals surface area contributed by atoms with Crippen LogP contribution in [0.2, 0.25) is 0 Å². The Balaban J connectivity index is 1.59. The van der Waals surface area contributed by atoms with E-state index in [1.54, 1.807) is 11.3 Å². The van der Waals surface area contributed by atoms with Crippen molar-refractivity contribution in [3.63, 3.8) is 0 Å². The first-order chi connectivity index (χ1) is 11.3. The Morgan fingerprint density at radius 1 is 1.09 bits per heavy atom. The van der Waals surface area contributed by atoms with Crippen LogP contribution < -0.4 is 5.32 Å². The summed E-state index contributed by atoms with van der Waals surface area (Å²) in [5.41, 5.74) is 1.07. The van der Waals surface area contributed by atoms with Crippen molar-refractivity contribution in [2.75, 3.05) is 19.6 Å². The van der Waals surface area contributed by atoms with E-state index >= 15 is 0 Å². The molecule has 0 saturated carbocycles. The van der Waals surface area contributed by atoms with Crippen LogP contribution in [0.4, 0.5) is 0 Å². The third kappa shape index (κ3) is 4.66. The van der Waals surface area contributed by atoms with E-state index in [0.717, 1.165) is 18.7 Å². The van der Waals surface area contributed by atoms with Crippen molar-refractivity contribution in [2.45, 2.75) is 31.7 Å². The van der Waals surface area contributed by atoms with Crippen molar-refractivity contribution in [3.05, 3.63) is 58.3 Å². The Morgan fingerprint density at radius 3 is 2.57 bits per heavy atom. The van der Waals surface area contributed by atoms with Gasteiger partial charge in [-0.2, -0.15) is 0 Å². The van der Waals surface area contributed by atoms with Crippen LogP contribution in [0, 0.1) is 0 Å². The fourth-order valence-corrected chi connectivity index (χ4v) is 4.04. The van der Waals surface area contributed by atoms with Crippen molar-refractivity contribution >= 4 is 17.2 Å². The minimum absolute atomic E-state index is 0.106. The number of hydrogen-bond acceptors (Lipinski definition) is 3. The predicted octanol–water partition coefficient (Wildman–Crippen LogP) is 3.63. The predicted molar refractivity (Wildman–Crippen MR) is 95.6 cm³/mol. The SMILES string of the molecule is O=C(Cc1ccccc1)NCC(c1cccs1)N1CCCCC1. The first-order valence-electron chi connectivity index (χ1n) is 8.41. The molecule has 3 rings (SSSR count). The van der Waals surface area contributed by atoms with Gasteiger partial charge in [-0.15, -0.1) is 11.3 Å². The van der Waals surface area contributed by atoms with Crippen LogP contribution in [-0.2, 0) is 11.2 Å². The number of carbonyl (C=O) groups is 1. The molecule has 4 heteroatoms. The van der Waals surface area contributed by atoms with E-state index < -0.39 is 0 Å². The fraction of sp³-hybridized carbons (Fsp3) is 0.421. The molecule has 1 atom stereocenters. The zero-order valence-electron chi connectivity index (χ0n) is 13.4. The number of hydrogen-bond donors (Lipinski definition) is 1. The van der Waals surface area contributed by atoms with Gasteiger partial charge in [0.1, 0.15) is 0 Å². The van der Waals surface area contributed by atoms with Gasteiger partial charge in [-0.1, -0.05) is 42.8 Å². The highest BCUT2D eigenvalue weighted by molar-refractivity contribution is 7.10. The standard InChI is InChI=1S/C19H24N2OS/c22-19(14-16-8-3-1-4-9-16)20-15-17(18-10-7-13-23-18)21-11-5-2-6-12-21/h1,3-4,7-10,13,17H,2,5-6,11-12,14-15H2,(H,20,22). The molecule has 1 amide bonds. The number of carbonyl (C=O) groups excluding carboxylic acids is 1. The molecule has 1 aromatic carbocycles. The zero-order chi connectivity index (χ0) is 15.9. The molecular formula is C19H24N2OS. The maximum absolute atomic E-state index is 12.2. The monoisotopic (exact) mass is 328 g/mol. The Hall–Kier alpha value is -1.65. The molecule has 0 radical (unpaired) electrons. The van der Waals surface area contributed by atoms with Crippen LogP contribution in [0.1, 0.15) is 35.7 Å². The van der Waals surface area contributed by atoms with Crippen molar-refractivity contribution < 1.29 is 4.79 Å². The average molecular weight is 328 g/mol. The summed E-state index contributed by atoms with van der Waals surface area (Å²) in [5.74, 6) is 0.106. The van der Waals surface area contributed by atoms with Crippen molar-refractivity contribution in [2.24, 2.45) is 0 Å². The molecule has 1 aliphatic rings. The molecule has 1 N–H and O–H groups in total. The Morgan fingerprint density at radius 2 is 1.87 bits per heavy atom. The van der Waals surface area contributed by atoms with Gasteiger partial charge in [0.2, 0.25) is 5.91 Å². The molecule has 3 nitrogen and oxygen atoms in total. The highest BCUT2D eigenvalue weighted by Crippen LogP contribution is 2.27. The molecule has 1 aromatic heterocycles. The number of thiophene rings is 1. The fourth-order valence-electron chi connectivity index (χ4n) is 3.17. The van der Waals surface area contributed by atoms with Crippen LogP contribution in [0.3, 0.4) is 0 Å². The summed E-state index contributed by atoms with van der Waals surface area (Å²) in [4.78, 5) is 16.1. The Bertz CT molecular complexity index is 591. The third-order valence-corrected chi connectivity index (χ3v) is 5.38. The van der Waals surface area contributed by atoms with Gasteiger partial charge >= 0.3 is 0 Å². The smallest absolute Gasteiger partial charge is 0.224 e. The molecule has 23 heavy (non-hydrogen) atoms. The average Bonchev–Trinajstić information content (AvgIpc) is 3.11. The van der Waals surface area contributed by atoms with E-state index in [2.05, 4.69) is 27.7 Å². The number of amides is 1. The van der Waals surface area contributed by atoms with Crippen molar-refractivity contribution in [1.82, 2.24) is 10.2 Å². The first-order valence-corrected chi connectivity index (χ1v) is 9.29. The summed E-state index contributed by atoms with van der Waals surface area (Å²) in [6.07, 6.45) is 4.31. The Kier molecular flexibility index (Phi) is 5.83. The molecule has 1 aliphatic heterocycles. The zero-order valence-corrected chi connectivity index (χ0v) is 14.2. The lowest BCUT2D eigenvalue weighted by atomic mass is 10.1. The van der Waals surface area contributed by atoms with Gasteiger partial charge in [0.25, 0.3) is 0 Å². The van der Waals surface area contributed by atoms with E-state index in [4.69, 9.17) is 0 Å². The topological polar surface area (TPSA) is 32.3 Å². The first kappa shape index (κ1) is 16.2.